The van der Waals surface area contributed by atoms with Crippen molar-refractivity contribution in [3.63, 3.8) is 0 Å². The van der Waals surface area contributed by atoms with Gasteiger partial charge in [0.25, 0.3) is 5.91 Å². The quantitative estimate of drug-likeness (QED) is 0.755. The van der Waals surface area contributed by atoms with Gasteiger partial charge in [0.05, 0.1) is 12.2 Å². The maximum atomic E-state index is 11.8. The molecule has 0 saturated carbocycles. The Labute approximate surface area is 120 Å². The number of nitrogens with zero attached hydrogens (tertiary/aromatic N) is 5. The Balaban J connectivity index is 1.77. The van der Waals surface area contributed by atoms with E-state index in [2.05, 4.69) is 20.5 Å². The molecule has 0 atom stereocenters. The van der Waals surface area contributed by atoms with Gasteiger partial charge in [-0.2, -0.15) is 10.2 Å². The van der Waals surface area contributed by atoms with Crippen LogP contribution in [0.5, 0.6) is 0 Å². The largest absolute Gasteiger partial charge is 0.349 e. The molecule has 0 bridgehead atoms. The van der Waals surface area contributed by atoms with Crippen molar-refractivity contribution in [2.75, 3.05) is 6.54 Å². The molecule has 0 aromatic carbocycles. The van der Waals surface area contributed by atoms with Crippen LogP contribution in [0, 0.1) is 0 Å². The maximum absolute atomic E-state index is 11.8. The van der Waals surface area contributed by atoms with Crippen LogP contribution in [0.3, 0.4) is 0 Å². The zero-order chi connectivity index (χ0) is 14.2. The Hall–Kier alpha value is -2.96. The third kappa shape index (κ3) is 1.99. The number of nitrogens with one attached hydrogen (secondary N) is 1. The smallest absolute Gasteiger partial charge is 0.269 e. The molecule has 3 aromatic rings. The van der Waals surface area contributed by atoms with Gasteiger partial charge in [0, 0.05) is 30.7 Å². The van der Waals surface area contributed by atoms with E-state index in [1.807, 2.05) is 24.4 Å². The fourth-order valence-corrected chi connectivity index (χ4v) is 2.38. The summed E-state index contributed by atoms with van der Waals surface area (Å²) in [6.45, 7) is 1.31. The van der Waals surface area contributed by atoms with Gasteiger partial charge in [-0.1, -0.05) is 0 Å². The van der Waals surface area contributed by atoms with Crippen molar-refractivity contribution >= 4 is 5.91 Å². The van der Waals surface area contributed by atoms with Crippen LogP contribution in [0.2, 0.25) is 0 Å². The first kappa shape index (κ1) is 11.8. The highest BCUT2D eigenvalue weighted by atomic mass is 16.2. The first-order valence-electron chi connectivity index (χ1n) is 6.64. The highest BCUT2D eigenvalue weighted by molar-refractivity contribution is 5.94. The Morgan fingerprint density at radius 2 is 2.19 bits per heavy atom. The minimum Gasteiger partial charge on any atom is -0.349 e. The second-order valence-corrected chi connectivity index (χ2v) is 4.75. The number of pyridine rings is 1. The third-order valence-electron chi connectivity index (χ3n) is 3.40. The van der Waals surface area contributed by atoms with Gasteiger partial charge in [-0.05, 0) is 24.3 Å². The summed E-state index contributed by atoms with van der Waals surface area (Å²) in [7, 11) is 0. The van der Waals surface area contributed by atoms with Crippen molar-refractivity contribution in [3.05, 3.63) is 48.5 Å². The number of carbonyl (C=O) groups excluding carboxylic acids is 1. The Morgan fingerprint density at radius 3 is 3.00 bits per heavy atom. The molecule has 1 N–H and O–H groups in total. The van der Waals surface area contributed by atoms with E-state index in [-0.39, 0.29) is 5.91 Å². The third-order valence-corrected chi connectivity index (χ3v) is 3.40. The Morgan fingerprint density at radius 1 is 1.24 bits per heavy atom. The lowest BCUT2D eigenvalue weighted by Gasteiger charge is -2.13. The Bertz CT molecular complexity index is 805. The van der Waals surface area contributed by atoms with Crippen molar-refractivity contribution in [2.45, 2.75) is 6.54 Å². The van der Waals surface area contributed by atoms with Crippen molar-refractivity contribution in [1.29, 1.82) is 0 Å². The van der Waals surface area contributed by atoms with Gasteiger partial charge in [0.15, 0.2) is 5.82 Å². The van der Waals surface area contributed by atoms with E-state index in [0.717, 1.165) is 11.3 Å². The van der Waals surface area contributed by atoms with Crippen LogP contribution in [-0.2, 0) is 6.54 Å². The van der Waals surface area contributed by atoms with Crippen molar-refractivity contribution in [2.24, 2.45) is 0 Å². The van der Waals surface area contributed by atoms with E-state index in [1.54, 1.807) is 27.8 Å². The lowest BCUT2D eigenvalue weighted by Crippen LogP contribution is -2.35. The first-order valence-corrected chi connectivity index (χ1v) is 6.64. The van der Waals surface area contributed by atoms with Gasteiger partial charge in [-0.15, -0.1) is 0 Å². The predicted octanol–water partition coefficient (Wildman–Crippen LogP) is 0.874. The molecule has 3 aromatic heterocycles. The molecule has 1 amide bonds. The molecule has 0 saturated heterocycles. The van der Waals surface area contributed by atoms with Gasteiger partial charge < -0.3 is 5.32 Å². The minimum atomic E-state index is -0.0821. The molecular formula is C14H12N6O. The van der Waals surface area contributed by atoms with Crippen LogP contribution in [0.25, 0.3) is 17.1 Å². The second-order valence-electron chi connectivity index (χ2n) is 4.75. The number of amides is 1. The molecule has 0 radical (unpaired) electrons. The molecule has 0 unspecified atom stereocenters. The minimum absolute atomic E-state index is 0.0821. The van der Waals surface area contributed by atoms with Crippen molar-refractivity contribution in [3.8, 4) is 17.1 Å². The monoisotopic (exact) mass is 280 g/mol. The van der Waals surface area contributed by atoms with Crippen LogP contribution in [0.1, 0.15) is 10.5 Å². The Kier molecular flexibility index (Phi) is 2.56. The number of rotatable bonds is 2. The summed E-state index contributed by atoms with van der Waals surface area (Å²) >= 11 is 0. The van der Waals surface area contributed by atoms with E-state index >= 15 is 0 Å². The van der Waals surface area contributed by atoms with Crippen LogP contribution >= 0.6 is 0 Å². The first-order chi connectivity index (χ1) is 10.3. The van der Waals surface area contributed by atoms with Crippen LogP contribution in [-0.4, -0.2) is 37.0 Å². The molecule has 1 aliphatic rings. The van der Waals surface area contributed by atoms with Crippen molar-refractivity contribution in [1.82, 2.24) is 29.9 Å². The van der Waals surface area contributed by atoms with Gasteiger partial charge in [-0.3, -0.25) is 9.48 Å². The molecule has 4 rings (SSSR count). The normalized spacial score (nSPS) is 13.8. The number of hydrogen-bond acceptors (Lipinski definition) is 4. The topological polar surface area (TPSA) is 77.6 Å². The van der Waals surface area contributed by atoms with Gasteiger partial charge in [-0.25, -0.2) is 9.67 Å². The van der Waals surface area contributed by atoms with Crippen LogP contribution in [0.4, 0.5) is 0 Å². The summed E-state index contributed by atoms with van der Waals surface area (Å²) in [5.74, 6) is 0.634. The summed E-state index contributed by atoms with van der Waals surface area (Å²) < 4.78 is 3.42. The average molecular weight is 280 g/mol. The fourth-order valence-electron chi connectivity index (χ4n) is 2.38. The molecule has 0 fully saturated rings. The molecule has 7 nitrogen and oxygen atoms in total. The highest BCUT2D eigenvalue weighted by Crippen LogP contribution is 2.21. The van der Waals surface area contributed by atoms with Gasteiger partial charge >= 0.3 is 0 Å². The summed E-state index contributed by atoms with van der Waals surface area (Å²) in [6, 6.07) is 7.42. The lowest BCUT2D eigenvalue weighted by atomic mass is 10.2. The molecule has 0 spiro atoms. The number of carbonyl (C=O) groups is 1. The summed E-state index contributed by atoms with van der Waals surface area (Å²) in [5.41, 5.74) is 2.26. The van der Waals surface area contributed by atoms with E-state index in [0.29, 0.717) is 24.6 Å². The molecule has 21 heavy (non-hydrogen) atoms. The molecular weight excluding hydrogens is 268 g/mol. The molecule has 0 aliphatic carbocycles. The maximum Gasteiger partial charge on any atom is 0.269 e. The van der Waals surface area contributed by atoms with E-state index in [1.165, 1.54) is 0 Å². The number of aromatic nitrogens is 5. The zero-order valence-corrected chi connectivity index (χ0v) is 11.1. The summed E-state index contributed by atoms with van der Waals surface area (Å²) in [5, 5.41) is 11.5. The predicted molar refractivity (Wildman–Crippen MR) is 74.9 cm³/mol. The van der Waals surface area contributed by atoms with Crippen molar-refractivity contribution < 1.29 is 4.79 Å². The lowest BCUT2D eigenvalue weighted by molar-refractivity contribution is 0.0924. The van der Waals surface area contributed by atoms with E-state index in [4.69, 9.17) is 0 Å². The standard InChI is InChI=1S/C14H12N6O/c21-14-12-9-11(18-19(12)7-5-16-14)10-2-4-15-13(8-10)20-6-1-3-17-20/h1-4,6,8-9H,5,7H2,(H,16,21). The zero-order valence-electron chi connectivity index (χ0n) is 11.1. The molecule has 4 heterocycles. The molecule has 104 valence electrons. The highest BCUT2D eigenvalue weighted by Gasteiger charge is 2.19. The van der Waals surface area contributed by atoms with Gasteiger partial charge in [0.1, 0.15) is 5.69 Å². The second kappa shape index (κ2) is 4.55. The van der Waals surface area contributed by atoms with E-state index in [9.17, 15) is 4.79 Å². The summed E-state index contributed by atoms with van der Waals surface area (Å²) in [6.07, 6.45) is 5.25. The van der Waals surface area contributed by atoms with E-state index < -0.39 is 0 Å². The SMILES string of the molecule is O=C1NCCn2nc(-c3ccnc(-n4cccn4)c3)cc21. The summed E-state index contributed by atoms with van der Waals surface area (Å²) in [4.78, 5) is 16.1. The van der Waals surface area contributed by atoms with Crippen LogP contribution < -0.4 is 5.32 Å². The van der Waals surface area contributed by atoms with Crippen LogP contribution in [0.15, 0.2) is 42.9 Å². The number of hydrogen-bond donors (Lipinski definition) is 1. The fraction of sp³-hybridized carbons (Fsp3) is 0.143. The molecule has 1 aliphatic heterocycles. The van der Waals surface area contributed by atoms with Gasteiger partial charge in [0.2, 0.25) is 0 Å². The average Bonchev–Trinajstić information content (AvgIpc) is 3.18. The molecule has 7 heteroatoms. The number of fused-ring (bicyclic) bond motifs is 1.